The molecule has 3 heterocycles. The molecule has 2 aliphatic heterocycles. The molecule has 0 saturated carbocycles. The molecule has 27 heavy (non-hydrogen) atoms. The second-order valence-electron chi connectivity index (χ2n) is 6.92. The van der Waals surface area contributed by atoms with E-state index in [1.165, 1.54) is 0 Å². The first kappa shape index (κ1) is 17.7. The first-order valence-corrected chi connectivity index (χ1v) is 9.42. The van der Waals surface area contributed by atoms with Crippen molar-refractivity contribution in [3.8, 4) is 11.1 Å². The van der Waals surface area contributed by atoms with Crippen LogP contribution in [0.5, 0.6) is 0 Å². The highest BCUT2D eigenvalue weighted by atomic mass is 16.5. The van der Waals surface area contributed by atoms with Crippen LogP contribution in [0.15, 0.2) is 48.8 Å². The fourth-order valence-electron chi connectivity index (χ4n) is 3.79. The van der Waals surface area contributed by atoms with Gasteiger partial charge in [0.05, 0.1) is 13.2 Å². The van der Waals surface area contributed by atoms with Crippen molar-refractivity contribution in [3.63, 3.8) is 0 Å². The standard InChI is InChI=1S/C21H23N3O3/c25-20(17-5-1-4-16(14-17)18-6-2-8-22-15-18)24-9-3-7-19(24)21(26)23-10-12-27-13-11-23/h1-2,4-6,8,14-15,19H,3,7,9-13H2. The van der Waals surface area contributed by atoms with E-state index in [1.54, 1.807) is 17.3 Å². The third kappa shape index (κ3) is 3.71. The summed E-state index contributed by atoms with van der Waals surface area (Å²) in [5.41, 5.74) is 2.52. The normalized spacial score (nSPS) is 19.9. The van der Waals surface area contributed by atoms with Crippen molar-refractivity contribution in [1.29, 1.82) is 0 Å². The fraction of sp³-hybridized carbons (Fsp3) is 0.381. The van der Waals surface area contributed by atoms with Gasteiger partial charge in [-0.3, -0.25) is 14.6 Å². The van der Waals surface area contributed by atoms with Gasteiger partial charge in [0, 0.05) is 43.2 Å². The van der Waals surface area contributed by atoms with Crippen LogP contribution >= 0.6 is 0 Å². The highest BCUT2D eigenvalue weighted by Crippen LogP contribution is 2.25. The van der Waals surface area contributed by atoms with Gasteiger partial charge in [-0.05, 0) is 36.6 Å². The molecule has 2 saturated heterocycles. The van der Waals surface area contributed by atoms with Gasteiger partial charge in [-0.15, -0.1) is 0 Å². The maximum atomic E-state index is 13.1. The average molecular weight is 365 g/mol. The van der Waals surface area contributed by atoms with Crippen LogP contribution in [-0.2, 0) is 9.53 Å². The van der Waals surface area contributed by atoms with E-state index in [9.17, 15) is 9.59 Å². The lowest BCUT2D eigenvalue weighted by atomic mass is 10.0. The Kier molecular flexibility index (Phi) is 5.16. The number of nitrogens with zero attached hydrogens (tertiary/aromatic N) is 3. The summed E-state index contributed by atoms with van der Waals surface area (Å²) in [4.78, 5) is 33.8. The minimum Gasteiger partial charge on any atom is -0.378 e. The minimum atomic E-state index is -0.363. The van der Waals surface area contributed by atoms with Gasteiger partial charge in [0.25, 0.3) is 5.91 Å². The molecule has 2 fully saturated rings. The van der Waals surface area contributed by atoms with Gasteiger partial charge in [0.15, 0.2) is 0 Å². The monoisotopic (exact) mass is 365 g/mol. The zero-order chi connectivity index (χ0) is 18.6. The second kappa shape index (κ2) is 7.88. The molecule has 0 aliphatic carbocycles. The Balaban J connectivity index is 1.54. The Morgan fingerprint density at radius 2 is 1.85 bits per heavy atom. The summed E-state index contributed by atoms with van der Waals surface area (Å²) in [6, 6.07) is 11.0. The maximum absolute atomic E-state index is 13.1. The number of aromatic nitrogens is 1. The number of carbonyl (C=O) groups excluding carboxylic acids is 2. The number of likely N-dealkylation sites (tertiary alicyclic amines) is 1. The highest BCUT2D eigenvalue weighted by molar-refractivity contribution is 5.98. The number of ether oxygens (including phenoxy) is 1. The number of pyridine rings is 1. The molecule has 2 amide bonds. The largest absolute Gasteiger partial charge is 0.378 e. The molecule has 140 valence electrons. The molecule has 6 heteroatoms. The van der Waals surface area contributed by atoms with E-state index in [2.05, 4.69) is 4.98 Å². The summed E-state index contributed by atoms with van der Waals surface area (Å²) in [6.45, 7) is 2.97. The van der Waals surface area contributed by atoms with E-state index >= 15 is 0 Å². The number of carbonyl (C=O) groups is 2. The van der Waals surface area contributed by atoms with Crippen LogP contribution in [0.2, 0.25) is 0 Å². The molecule has 0 N–H and O–H groups in total. The van der Waals surface area contributed by atoms with E-state index in [-0.39, 0.29) is 17.9 Å². The number of amides is 2. The van der Waals surface area contributed by atoms with Gasteiger partial charge in [-0.1, -0.05) is 18.2 Å². The van der Waals surface area contributed by atoms with Crippen LogP contribution < -0.4 is 0 Å². The SMILES string of the molecule is O=C(C1CCCN1C(=O)c1cccc(-c2cccnc2)c1)N1CCOCC1. The average Bonchev–Trinajstić information content (AvgIpc) is 3.24. The molecular formula is C21H23N3O3. The van der Waals surface area contributed by atoms with Gasteiger partial charge in [0.1, 0.15) is 6.04 Å². The lowest BCUT2D eigenvalue weighted by Crippen LogP contribution is -2.51. The number of morpholine rings is 1. The van der Waals surface area contributed by atoms with Crippen molar-refractivity contribution in [2.24, 2.45) is 0 Å². The Bertz CT molecular complexity index is 818. The molecular weight excluding hydrogens is 342 g/mol. The summed E-state index contributed by atoms with van der Waals surface area (Å²) in [7, 11) is 0. The van der Waals surface area contributed by atoms with Crippen LogP contribution in [0.4, 0.5) is 0 Å². The predicted molar refractivity (Wildman–Crippen MR) is 101 cm³/mol. The molecule has 1 aromatic carbocycles. The molecule has 0 spiro atoms. The van der Waals surface area contributed by atoms with E-state index in [0.29, 0.717) is 38.4 Å². The number of benzene rings is 1. The van der Waals surface area contributed by atoms with Gasteiger partial charge < -0.3 is 14.5 Å². The van der Waals surface area contributed by atoms with E-state index < -0.39 is 0 Å². The maximum Gasteiger partial charge on any atom is 0.254 e. The van der Waals surface area contributed by atoms with Crippen molar-refractivity contribution in [1.82, 2.24) is 14.8 Å². The lowest BCUT2D eigenvalue weighted by Gasteiger charge is -2.32. The van der Waals surface area contributed by atoms with Crippen molar-refractivity contribution in [2.75, 3.05) is 32.8 Å². The fourth-order valence-corrected chi connectivity index (χ4v) is 3.79. The Morgan fingerprint density at radius 3 is 2.63 bits per heavy atom. The molecule has 0 bridgehead atoms. The first-order valence-electron chi connectivity index (χ1n) is 9.42. The van der Waals surface area contributed by atoms with E-state index in [4.69, 9.17) is 4.74 Å². The second-order valence-corrected chi connectivity index (χ2v) is 6.92. The molecule has 2 aliphatic rings. The summed E-state index contributed by atoms with van der Waals surface area (Å²) < 4.78 is 5.33. The van der Waals surface area contributed by atoms with Crippen LogP contribution in [0.3, 0.4) is 0 Å². The molecule has 1 unspecified atom stereocenters. The summed E-state index contributed by atoms with van der Waals surface area (Å²) >= 11 is 0. The molecule has 2 aromatic rings. The van der Waals surface area contributed by atoms with Crippen molar-refractivity contribution >= 4 is 11.8 Å². The zero-order valence-corrected chi connectivity index (χ0v) is 15.2. The van der Waals surface area contributed by atoms with Crippen molar-refractivity contribution in [3.05, 3.63) is 54.4 Å². The minimum absolute atomic E-state index is 0.0487. The van der Waals surface area contributed by atoms with Gasteiger partial charge in [-0.25, -0.2) is 0 Å². The van der Waals surface area contributed by atoms with Crippen LogP contribution in [0.1, 0.15) is 23.2 Å². The summed E-state index contributed by atoms with van der Waals surface area (Å²) in [5, 5.41) is 0. The number of hydrogen-bond donors (Lipinski definition) is 0. The predicted octanol–water partition coefficient (Wildman–Crippen LogP) is 2.21. The van der Waals surface area contributed by atoms with Gasteiger partial charge in [-0.2, -0.15) is 0 Å². The van der Waals surface area contributed by atoms with Crippen LogP contribution in [-0.4, -0.2) is 65.5 Å². The third-order valence-corrected chi connectivity index (χ3v) is 5.23. The number of rotatable bonds is 3. The van der Waals surface area contributed by atoms with Crippen LogP contribution in [0, 0.1) is 0 Å². The lowest BCUT2D eigenvalue weighted by molar-refractivity contribution is -0.139. The summed E-state index contributed by atoms with van der Waals surface area (Å²) in [6.07, 6.45) is 5.09. The van der Waals surface area contributed by atoms with E-state index in [1.807, 2.05) is 41.3 Å². The summed E-state index contributed by atoms with van der Waals surface area (Å²) in [5.74, 6) is -0.0302. The van der Waals surface area contributed by atoms with Gasteiger partial charge in [0.2, 0.25) is 5.91 Å². The molecule has 4 rings (SSSR count). The topological polar surface area (TPSA) is 62.7 Å². The highest BCUT2D eigenvalue weighted by Gasteiger charge is 2.37. The van der Waals surface area contributed by atoms with Crippen molar-refractivity contribution < 1.29 is 14.3 Å². The van der Waals surface area contributed by atoms with Crippen LogP contribution in [0.25, 0.3) is 11.1 Å². The third-order valence-electron chi connectivity index (χ3n) is 5.23. The van der Waals surface area contributed by atoms with E-state index in [0.717, 1.165) is 24.0 Å². The van der Waals surface area contributed by atoms with Crippen molar-refractivity contribution in [2.45, 2.75) is 18.9 Å². The Labute approximate surface area is 158 Å². The Morgan fingerprint density at radius 1 is 1.04 bits per heavy atom. The number of hydrogen-bond acceptors (Lipinski definition) is 4. The first-order chi connectivity index (χ1) is 13.2. The quantitative estimate of drug-likeness (QED) is 0.837. The molecule has 1 aromatic heterocycles. The Hall–Kier alpha value is -2.73. The smallest absolute Gasteiger partial charge is 0.254 e. The molecule has 6 nitrogen and oxygen atoms in total. The zero-order valence-electron chi connectivity index (χ0n) is 15.2. The molecule has 0 radical (unpaired) electrons. The molecule has 1 atom stereocenters. The van der Waals surface area contributed by atoms with Gasteiger partial charge >= 0.3 is 0 Å².